The van der Waals surface area contributed by atoms with Crippen LogP contribution in [0.3, 0.4) is 0 Å². The predicted octanol–water partition coefficient (Wildman–Crippen LogP) is 3.52. The molecule has 186 valence electrons. The topological polar surface area (TPSA) is 137 Å². The minimum atomic E-state index is -5.93. The average Bonchev–Trinajstić information content (AvgIpc) is 2.45. The second-order valence-corrected chi connectivity index (χ2v) is 9.91. The molecule has 0 saturated heterocycles. The van der Waals surface area contributed by atoms with Crippen molar-refractivity contribution in [2.75, 3.05) is 0 Å². The molecular weight excluding hydrogens is 518 g/mol. The Morgan fingerprint density at radius 1 is 0.710 bits per heavy atom. The molecule has 0 heterocycles. The number of hydrogen-bond acceptors (Lipinski definition) is 6. The van der Waals surface area contributed by atoms with Crippen molar-refractivity contribution in [2.24, 2.45) is 0 Å². The molecule has 31 heavy (non-hydrogen) atoms. The molecule has 1 fully saturated rings. The van der Waals surface area contributed by atoms with Gasteiger partial charge in [-0.3, -0.25) is 0 Å². The van der Waals surface area contributed by atoms with Crippen LogP contribution >= 0.6 is 0 Å². The molecule has 2 atom stereocenters. The van der Waals surface area contributed by atoms with Crippen LogP contribution in [-0.4, -0.2) is 62.4 Å². The SMILES string of the molecule is CC(C)O.CC(C)O.O=S(=O)([N-][C@@H]1CCCC[C@H]1[N-]S(=O)(=O)C(F)(F)F)C(F)(F)F.[Ti+2]. The molecular formula is C14H26F6N2O6S2Ti. The molecule has 0 aromatic rings. The van der Waals surface area contributed by atoms with E-state index in [0.717, 1.165) is 0 Å². The summed E-state index contributed by atoms with van der Waals surface area (Å²) in [6, 6.07) is -3.59. The summed E-state index contributed by atoms with van der Waals surface area (Å²) >= 11 is 0. The van der Waals surface area contributed by atoms with Crippen LogP contribution in [0.4, 0.5) is 26.3 Å². The van der Waals surface area contributed by atoms with Gasteiger partial charge in [0.15, 0.2) is 20.0 Å². The molecule has 0 aromatic carbocycles. The van der Waals surface area contributed by atoms with Crippen LogP contribution in [0, 0.1) is 0 Å². The van der Waals surface area contributed by atoms with Crippen molar-refractivity contribution in [3.8, 4) is 0 Å². The largest absolute Gasteiger partial charge is 2.00 e. The first-order valence-corrected chi connectivity index (χ1v) is 11.4. The number of halogens is 6. The van der Waals surface area contributed by atoms with Crippen LogP contribution in [-0.2, 0) is 41.8 Å². The number of hydrogen-bond donors (Lipinski definition) is 2. The summed E-state index contributed by atoms with van der Waals surface area (Å²) in [5.41, 5.74) is -11.4. The smallest absolute Gasteiger partial charge is 0.540 e. The molecule has 0 aromatic heterocycles. The molecule has 1 aliphatic carbocycles. The summed E-state index contributed by atoms with van der Waals surface area (Å²) in [7, 11) is -11.9. The number of aliphatic hydroxyl groups is 2. The summed E-state index contributed by atoms with van der Waals surface area (Å²) in [5.74, 6) is 0. The Hall–Kier alpha value is 0.0343. The van der Waals surface area contributed by atoms with Crippen LogP contribution in [0.2, 0.25) is 0 Å². The Morgan fingerprint density at radius 3 is 1.06 bits per heavy atom. The van der Waals surface area contributed by atoms with Crippen LogP contribution < -0.4 is 0 Å². The first-order valence-electron chi connectivity index (χ1n) is 8.57. The molecule has 0 unspecified atom stereocenters. The maximum absolute atomic E-state index is 12.2. The van der Waals surface area contributed by atoms with Gasteiger partial charge < -0.3 is 19.7 Å². The molecule has 1 aliphatic rings. The van der Waals surface area contributed by atoms with Crippen LogP contribution in [0.25, 0.3) is 9.44 Å². The molecule has 17 heteroatoms. The van der Waals surface area contributed by atoms with Gasteiger partial charge in [-0.1, -0.05) is 25.7 Å². The fraction of sp³-hybridized carbons (Fsp3) is 1.00. The average molecular weight is 544 g/mol. The first-order chi connectivity index (χ1) is 13.1. The third kappa shape index (κ3) is 15.5. The summed E-state index contributed by atoms with van der Waals surface area (Å²) in [6.07, 6.45) is -0.563. The maximum Gasteiger partial charge on any atom is 2.00 e. The minimum Gasteiger partial charge on any atom is -0.540 e. The predicted molar refractivity (Wildman–Crippen MR) is 97.4 cm³/mol. The molecule has 0 aliphatic heterocycles. The number of alkyl halides is 6. The van der Waals surface area contributed by atoms with Crippen molar-refractivity contribution in [1.82, 2.24) is 0 Å². The van der Waals surface area contributed by atoms with Gasteiger partial charge in [-0.15, -0.1) is 12.1 Å². The second-order valence-electron chi connectivity index (χ2n) is 6.66. The van der Waals surface area contributed by atoms with Gasteiger partial charge in [0.2, 0.25) is 0 Å². The third-order valence-electron chi connectivity index (χ3n) is 2.83. The van der Waals surface area contributed by atoms with Gasteiger partial charge in [0.25, 0.3) is 0 Å². The van der Waals surface area contributed by atoms with Gasteiger partial charge in [0.05, 0.1) is 0 Å². The second kappa shape index (κ2) is 14.3. The van der Waals surface area contributed by atoms with Crippen molar-refractivity contribution in [3.05, 3.63) is 9.44 Å². The van der Waals surface area contributed by atoms with Crippen LogP contribution in [0.5, 0.6) is 0 Å². The van der Waals surface area contributed by atoms with Crippen molar-refractivity contribution in [2.45, 2.75) is 88.7 Å². The van der Waals surface area contributed by atoms with Gasteiger partial charge in [0, 0.05) is 12.2 Å². The molecule has 0 amide bonds. The van der Waals surface area contributed by atoms with Gasteiger partial charge in [-0.05, 0) is 27.7 Å². The van der Waals surface area contributed by atoms with Gasteiger partial charge in [-0.25, -0.2) is 16.8 Å². The maximum atomic E-state index is 12.2. The summed E-state index contributed by atoms with van der Waals surface area (Å²) in [5, 5.41) is 16.1. The summed E-state index contributed by atoms with van der Waals surface area (Å²) in [6.45, 7) is 6.89. The zero-order chi connectivity index (χ0) is 24.6. The number of sulfonamides is 2. The van der Waals surface area contributed by atoms with E-state index in [2.05, 4.69) is 9.44 Å². The fourth-order valence-corrected chi connectivity index (χ4v) is 3.26. The minimum absolute atomic E-state index is 0. The van der Waals surface area contributed by atoms with Crippen molar-refractivity contribution >= 4 is 20.0 Å². The normalized spacial score (nSPS) is 20.2. The first kappa shape index (κ1) is 35.6. The molecule has 8 nitrogen and oxygen atoms in total. The van der Waals surface area contributed by atoms with E-state index < -0.39 is 43.1 Å². The quantitative estimate of drug-likeness (QED) is 0.411. The monoisotopic (exact) mass is 544 g/mol. The zero-order valence-corrected chi connectivity index (χ0v) is 20.3. The molecule has 0 radical (unpaired) electrons. The van der Waals surface area contributed by atoms with E-state index in [1.807, 2.05) is 0 Å². The Labute approximate surface area is 193 Å². The van der Waals surface area contributed by atoms with Gasteiger partial charge in [0.1, 0.15) is 0 Å². The van der Waals surface area contributed by atoms with E-state index in [1.165, 1.54) is 0 Å². The van der Waals surface area contributed by atoms with Crippen molar-refractivity contribution < 1.29 is 75.1 Å². The van der Waals surface area contributed by atoms with E-state index in [0.29, 0.717) is 0 Å². The zero-order valence-electron chi connectivity index (χ0n) is 17.1. The summed E-state index contributed by atoms with van der Waals surface area (Å²) < 4.78 is 122. The molecule has 2 N–H and O–H groups in total. The van der Waals surface area contributed by atoms with Crippen LogP contribution in [0.15, 0.2) is 0 Å². The van der Waals surface area contributed by atoms with E-state index in [9.17, 15) is 43.2 Å². The molecule has 0 bridgehead atoms. The molecule has 1 saturated carbocycles. The standard InChI is InChI=1S/C8H10F6N2O4S2.2C3H8O.Ti/c9-7(10,11)21(17,18)15-5-3-1-2-4-6(5)16-22(19,20)8(12,13)14;2*1-3(2)4;/h5-6H,1-4H2;2*3-4H,1-2H3;/q-2;;;+2/t5-,6-;;;/m1.../s1. The van der Waals surface area contributed by atoms with Crippen molar-refractivity contribution in [3.63, 3.8) is 0 Å². The van der Waals surface area contributed by atoms with E-state index in [4.69, 9.17) is 10.2 Å². The van der Waals surface area contributed by atoms with E-state index in [-0.39, 0.29) is 59.6 Å². The number of rotatable bonds is 4. The van der Waals surface area contributed by atoms with Crippen LogP contribution in [0.1, 0.15) is 53.4 Å². The number of nitrogens with zero attached hydrogens (tertiary/aromatic N) is 2. The Morgan fingerprint density at radius 2 is 0.903 bits per heavy atom. The third-order valence-corrected chi connectivity index (χ3v) is 5.09. The summed E-state index contributed by atoms with van der Waals surface area (Å²) in [4.78, 5) is 0. The van der Waals surface area contributed by atoms with E-state index in [1.54, 1.807) is 27.7 Å². The number of aliphatic hydroxyl groups excluding tert-OH is 2. The Bertz CT molecular complexity index is 634. The Balaban J connectivity index is -0.000000747. The van der Waals surface area contributed by atoms with E-state index >= 15 is 0 Å². The van der Waals surface area contributed by atoms with Crippen molar-refractivity contribution in [1.29, 1.82) is 0 Å². The molecule has 1 rings (SSSR count). The Kier molecular flexibility index (Phi) is 16.5. The fourth-order valence-electron chi connectivity index (χ4n) is 1.81. The van der Waals surface area contributed by atoms with Gasteiger partial charge in [-0.2, -0.15) is 26.3 Å². The van der Waals surface area contributed by atoms with Gasteiger partial charge >= 0.3 is 32.7 Å². The molecule has 0 spiro atoms.